The summed E-state index contributed by atoms with van der Waals surface area (Å²) in [6.07, 6.45) is 2.67. The Balaban J connectivity index is 3.52. The lowest BCUT2D eigenvalue weighted by Gasteiger charge is -2.20. The van der Waals surface area contributed by atoms with Crippen LogP contribution in [0.25, 0.3) is 0 Å². The lowest BCUT2D eigenvalue weighted by Crippen LogP contribution is -2.18. The van der Waals surface area contributed by atoms with Gasteiger partial charge in [-0.25, -0.2) is 0 Å². The van der Waals surface area contributed by atoms with Crippen molar-refractivity contribution < 1.29 is 0 Å². The highest BCUT2D eigenvalue weighted by Crippen LogP contribution is 2.18. The molecule has 0 rings (SSSR count). The third-order valence-electron chi connectivity index (χ3n) is 2.41. The molecule has 0 aliphatic carbocycles. The number of hydrogen-bond donors (Lipinski definition) is 0. The quantitative estimate of drug-likeness (QED) is 0.593. The zero-order chi connectivity index (χ0) is 8.85. The Labute approximate surface area is 71.8 Å². The molecular weight excluding hydrogens is 134 g/mol. The van der Waals surface area contributed by atoms with Gasteiger partial charge in [-0.2, -0.15) is 0 Å². The van der Waals surface area contributed by atoms with Crippen LogP contribution >= 0.6 is 0 Å². The fraction of sp³-hybridized carbons (Fsp3) is 1.00. The predicted molar refractivity (Wildman–Crippen MR) is 51.8 cm³/mol. The highest BCUT2D eigenvalue weighted by molar-refractivity contribution is 4.62. The second-order valence-electron chi connectivity index (χ2n) is 4.00. The van der Waals surface area contributed by atoms with Crippen LogP contribution in [0.5, 0.6) is 0 Å². The summed E-state index contributed by atoms with van der Waals surface area (Å²) < 4.78 is 0. The van der Waals surface area contributed by atoms with Crippen LogP contribution in [-0.4, -0.2) is 25.5 Å². The summed E-state index contributed by atoms with van der Waals surface area (Å²) in [6, 6.07) is 0. The molecule has 1 atom stereocenters. The average molecular weight is 157 g/mol. The summed E-state index contributed by atoms with van der Waals surface area (Å²) in [5, 5.41) is 0. The predicted octanol–water partition coefficient (Wildman–Crippen LogP) is 2.62. The zero-order valence-corrected chi connectivity index (χ0v) is 8.72. The standard InChI is InChI=1S/C10H23N/c1-6-10(9(2)3)7-8-11(4)5/h9-10H,6-8H2,1-5H3. The molecule has 0 bridgehead atoms. The molecule has 0 spiro atoms. The Hall–Kier alpha value is -0.0400. The van der Waals surface area contributed by atoms with Gasteiger partial charge in [-0.15, -0.1) is 0 Å². The second-order valence-corrected chi connectivity index (χ2v) is 4.00. The van der Waals surface area contributed by atoms with E-state index >= 15 is 0 Å². The maximum atomic E-state index is 2.32. The summed E-state index contributed by atoms with van der Waals surface area (Å²) in [6.45, 7) is 8.17. The lowest BCUT2D eigenvalue weighted by molar-refractivity contribution is 0.292. The highest BCUT2D eigenvalue weighted by atomic mass is 15.0. The summed E-state index contributed by atoms with van der Waals surface area (Å²) in [5.41, 5.74) is 0. The summed E-state index contributed by atoms with van der Waals surface area (Å²) >= 11 is 0. The molecule has 1 unspecified atom stereocenters. The molecule has 0 aliphatic rings. The molecule has 0 amide bonds. The van der Waals surface area contributed by atoms with Crippen LogP contribution in [0.4, 0.5) is 0 Å². The molecule has 0 radical (unpaired) electrons. The molecular formula is C10H23N. The third-order valence-corrected chi connectivity index (χ3v) is 2.41. The van der Waals surface area contributed by atoms with Gasteiger partial charge in [0.25, 0.3) is 0 Å². The summed E-state index contributed by atoms with van der Waals surface area (Å²) in [7, 11) is 4.29. The molecule has 0 aromatic rings. The Morgan fingerprint density at radius 2 is 1.73 bits per heavy atom. The van der Waals surface area contributed by atoms with Gasteiger partial charge in [0.2, 0.25) is 0 Å². The lowest BCUT2D eigenvalue weighted by atomic mass is 9.90. The topological polar surface area (TPSA) is 3.24 Å². The molecule has 11 heavy (non-hydrogen) atoms. The van der Waals surface area contributed by atoms with Gasteiger partial charge in [-0.05, 0) is 38.9 Å². The minimum Gasteiger partial charge on any atom is -0.309 e. The SMILES string of the molecule is CCC(CCN(C)C)C(C)C. The van der Waals surface area contributed by atoms with Crippen LogP contribution in [0.15, 0.2) is 0 Å². The van der Waals surface area contributed by atoms with Crippen LogP contribution in [0.3, 0.4) is 0 Å². The van der Waals surface area contributed by atoms with Gasteiger partial charge in [-0.1, -0.05) is 27.2 Å². The van der Waals surface area contributed by atoms with E-state index in [1.807, 2.05) is 0 Å². The van der Waals surface area contributed by atoms with E-state index in [9.17, 15) is 0 Å². The molecule has 0 fully saturated rings. The molecule has 1 heteroatoms. The van der Waals surface area contributed by atoms with Gasteiger partial charge in [0.1, 0.15) is 0 Å². The minimum atomic E-state index is 0.847. The van der Waals surface area contributed by atoms with E-state index in [1.165, 1.54) is 19.4 Å². The van der Waals surface area contributed by atoms with E-state index in [1.54, 1.807) is 0 Å². The van der Waals surface area contributed by atoms with E-state index in [-0.39, 0.29) is 0 Å². The first-order valence-electron chi connectivity index (χ1n) is 4.72. The Morgan fingerprint density at radius 1 is 1.18 bits per heavy atom. The van der Waals surface area contributed by atoms with Crippen molar-refractivity contribution >= 4 is 0 Å². The minimum absolute atomic E-state index is 0.847. The molecule has 0 N–H and O–H groups in total. The van der Waals surface area contributed by atoms with Gasteiger partial charge >= 0.3 is 0 Å². The third kappa shape index (κ3) is 5.25. The van der Waals surface area contributed by atoms with Crippen molar-refractivity contribution in [2.75, 3.05) is 20.6 Å². The van der Waals surface area contributed by atoms with E-state index < -0.39 is 0 Å². The van der Waals surface area contributed by atoms with Gasteiger partial charge in [0, 0.05) is 0 Å². The summed E-state index contributed by atoms with van der Waals surface area (Å²) in [5.74, 6) is 1.76. The van der Waals surface area contributed by atoms with Gasteiger partial charge < -0.3 is 4.90 Å². The highest BCUT2D eigenvalue weighted by Gasteiger charge is 2.10. The Kier molecular flexibility index (Phi) is 5.57. The maximum absolute atomic E-state index is 2.32. The molecule has 1 nitrogen and oxygen atoms in total. The van der Waals surface area contributed by atoms with Crippen molar-refractivity contribution in [1.82, 2.24) is 4.90 Å². The largest absolute Gasteiger partial charge is 0.309 e. The van der Waals surface area contributed by atoms with Gasteiger partial charge in [0.05, 0.1) is 0 Å². The average Bonchev–Trinajstić information content (AvgIpc) is 1.87. The van der Waals surface area contributed by atoms with Crippen molar-refractivity contribution in [1.29, 1.82) is 0 Å². The number of nitrogens with zero attached hydrogens (tertiary/aromatic N) is 1. The van der Waals surface area contributed by atoms with Crippen LogP contribution in [-0.2, 0) is 0 Å². The molecule has 0 heterocycles. The van der Waals surface area contributed by atoms with E-state index in [0.717, 1.165) is 11.8 Å². The van der Waals surface area contributed by atoms with Crippen molar-refractivity contribution in [2.24, 2.45) is 11.8 Å². The van der Waals surface area contributed by atoms with E-state index in [0.29, 0.717) is 0 Å². The normalized spacial score (nSPS) is 14.5. The van der Waals surface area contributed by atoms with Crippen molar-refractivity contribution in [3.63, 3.8) is 0 Å². The Bertz CT molecular complexity index is 86.9. The van der Waals surface area contributed by atoms with Gasteiger partial charge in [-0.3, -0.25) is 0 Å². The monoisotopic (exact) mass is 157 g/mol. The van der Waals surface area contributed by atoms with Crippen LogP contribution in [0.1, 0.15) is 33.6 Å². The molecule has 0 aromatic carbocycles. The fourth-order valence-electron chi connectivity index (χ4n) is 1.43. The van der Waals surface area contributed by atoms with Gasteiger partial charge in [0.15, 0.2) is 0 Å². The van der Waals surface area contributed by atoms with Crippen molar-refractivity contribution in [3.8, 4) is 0 Å². The van der Waals surface area contributed by atoms with Crippen LogP contribution in [0, 0.1) is 11.8 Å². The van der Waals surface area contributed by atoms with Crippen molar-refractivity contribution in [2.45, 2.75) is 33.6 Å². The molecule has 68 valence electrons. The zero-order valence-electron chi connectivity index (χ0n) is 8.72. The fourth-order valence-corrected chi connectivity index (χ4v) is 1.43. The van der Waals surface area contributed by atoms with Crippen LogP contribution in [0.2, 0.25) is 0 Å². The molecule has 0 aliphatic heterocycles. The van der Waals surface area contributed by atoms with E-state index in [2.05, 4.69) is 39.8 Å². The molecule has 0 saturated carbocycles. The number of hydrogen-bond acceptors (Lipinski definition) is 1. The number of rotatable bonds is 5. The molecule has 0 saturated heterocycles. The summed E-state index contributed by atoms with van der Waals surface area (Å²) in [4.78, 5) is 2.27. The van der Waals surface area contributed by atoms with E-state index in [4.69, 9.17) is 0 Å². The maximum Gasteiger partial charge on any atom is -0.00221 e. The smallest absolute Gasteiger partial charge is 0.00221 e. The Morgan fingerprint density at radius 3 is 2.00 bits per heavy atom. The first-order valence-corrected chi connectivity index (χ1v) is 4.72. The first-order chi connectivity index (χ1) is 5.07. The molecule has 0 aromatic heterocycles. The first kappa shape index (κ1) is 11.0. The van der Waals surface area contributed by atoms with Crippen LogP contribution < -0.4 is 0 Å². The van der Waals surface area contributed by atoms with Crippen molar-refractivity contribution in [3.05, 3.63) is 0 Å². The second kappa shape index (κ2) is 5.59.